The molecule has 22 heavy (non-hydrogen) atoms. The molecule has 5 rings (SSSR count). The Bertz CT molecular complexity index is 852. The number of benzene rings is 1. The quantitative estimate of drug-likeness (QED) is 0.798. The van der Waals surface area contributed by atoms with Gasteiger partial charge < -0.3 is 4.74 Å². The zero-order chi connectivity index (χ0) is 15.5. The van der Waals surface area contributed by atoms with Crippen LogP contribution < -0.4 is 0 Å². The Morgan fingerprint density at radius 2 is 2.18 bits per heavy atom. The third kappa shape index (κ3) is 1.72. The highest BCUT2D eigenvalue weighted by molar-refractivity contribution is 6.06. The molecule has 0 amide bonds. The smallest absolute Gasteiger partial charge is 0.160 e. The maximum absolute atomic E-state index is 12.0. The molecule has 4 nitrogen and oxygen atoms in total. The van der Waals surface area contributed by atoms with Crippen molar-refractivity contribution in [2.75, 3.05) is 6.61 Å². The maximum atomic E-state index is 12.0. The highest BCUT2D eigenvalue weighted by atomic mass is 16.5. The van der Waals surface area contributed by atoms with E-state index >= 15 is 0 Å². The van der Waals surface area contributed by atoms with Crippen molar-refractivity contribution in [3.8, 4) is 6.07 Å². The van der Waals surface area contributed by atoms with Crippen molar-refractivity contribution in [3.05, 3.63) is 40.6 Å². The third-order valence-corrected chi connectivity index (χ3v) is 4.97. The van der Waals surface area contributed by atoms with Crippen molar-refractivity contribution in [3.63, 3.8) is 0 Å². The van der Waals surface area contributed by atoms with E-state index in [0.29, 0.717) is 24.0 Å². The second kappa shape index (κ2) is 4.37. The molecule has 0 atom stereocenters. The van der Waals surface area contributed by atoms with Crippen molar-refractivity contribution >= 4 is 16.7 Å². The summed E-state index contributed by atoms with van der Waals surface area (Å²) in [5.41, 5.74) is 3.72. The monoisotopic (exact) mass is 292 g/mol. The number of pyridine rings is 1. The molecular formula is C18H16N2O2. The number of ether oxygens (including phenoxy) is 1. The van der Waals surface area contributed by atoms with Gasteiger partial charge in [-0.2, -0.15) is 5.26 Å². The largest absolute Gasteiger partial charge is 0.377 e. The van der Waals surface area contributed by atoms with Crippen LogP contribution in [0.4, 0.5) is 0 Å². The van der Waals surface area contributed by atoms with Gasteiger partial charge in [0.15, 0.2) is 5.78 Å². The molecule has 1 aliphatic carbocycles. The first kappa shape index (κ1) is 13.4. The number of rotatable bonds is 2. The average molecular weight is 292 g/mol. The first-order valence-corrected chi connectivity index (χ1v) is 7.51. The lowest BCUT2D eigenvalue weighted by Gasteiger charge is -2.36. The number of carbonyl (C=O) groups is 1. The summed E-state index contributed by atoms with van der Waals surface area (Å²) in [7, 11) is 0. The normalized spacial score (nSPS) is 25.8. The zero-order valence-electron chi connectivity index (χ0n) is 12.6. The van der Waals surface area contributed by atoms with E-state index in [9.17, 15) is 10.1 Å². The molecule has 1 aromatic heterocycles. The van der Waals surface area contributed by atoms with E-state index in [2.05, 4.69) is 11.1 Å². The van der Waals surface area contributed by atoms with E-state index in [0.717, 1.165) is 34.9 Å². The van der Waals surface area contributed by atoms with Crippen LogP contribution in [0.25, 0.3) is 10.9 Å². The number of hydrogen-bond acceptors (Lipinski definition) is 4. The second-order valence-corrected chi connectivity index (χ2v) is 6.55. The molecule has 2 aromatic rings. The van der Waals surface area contributed by atoms with E-state index in [1.807, 2.05) is 25.1 Å². The van der Waals surface area contributed by atoms with Crippen molar-refractivity contribution in [1.82, 2.24) is 4.98 Å². The molecule has 110 valence electrons. The number of fused-ring (bicyclic) bond motifs is 2. The Balaban J connectivity index is 2.01. The summed E-state index contributed by atoms with van der Waals surface area (Å²) >= 11 is 0. The molecule has 2 saturated heterocycles. The molecule has 3 aliphatic rings. The Hall–Kier alpha value is -2.25. The van der Waals surface area contributed by atoms with Crippen LogP contribution in [0, 0.1) is 18.3 Å². The van der Waals surface area contributed by atoms with Crippen molar-refractivity contribution in [2.45, 2.75) is 38.2 Å². The molecule has 0 N–H and O–H groups in total. The number of hydrogen-bond donors (Lipinski definition) is 0. The highest BCUT2D eigenvalue weighted by Gasteiger charge is 2.54. The van der Waals surface area contributed by atoms with Gasteiger partial charge in [-0.05, 0) is 56.0 Å². The van der Waals surface area contributed by atoms with Crippen molar-refractivity contribution < 1.29 is 9.53 Å². The standard InChI is InChI=1S/C18H16N2O2/c1-10-3-13(11(2)21)14-5-15(17(8-19)20-16(14)4-10)18-6-12(7-18)22-9-18/h3-5,12H,6-7,9H2,1-2H3. The Kier molecular flexibility index (Phi) is 2.67. The second-order valence-electron chi connectivity index (χ2n) is 6.55. The number of carbonyl (C=O) groups excluding carboxylic acids is 1. The molecule has 2 aliphatic heterocycles. The number of aromatic nitrogens is 1. The topological polar surface area (TPSA) is 63.0 Å². The lowest BCUT2D eigenvalue weighted by molar-refractivity contribution is 0.101. The molecule has 1 saturated carbocycles. The molecular weight excluding hydrogens is 276 g/mol. The van der Waals surface area contributed by atoms with Gasteiger partial charge in [0.05, 0.1) is 18.2 Å². The average Bonchev–Trinajstić information content (AvgIpc) is 3.05. The first-order chi connectivity index (χ1) is 10.5. The number of Topliss-reactive ketones (excluding diaryl/α,β-unsaturated/α-hetero) is 1. The molecule has 3 heterocycles. The molecule has 0 unspecified atom stereocenters. The van der Waals surface area contributed by atoms with Gasteiger partial charge in [0.25, 0.3) is 0 Å². The van der Waals surface area contributed by atoms with Gasteiger partial charge in [-0.3, -0.25) is 4.79 Å². The van der Waals surface area contributed by atoms with Gasteiger partial charge in [-0.25, -0.2) is 4.98 Å². The van der Waals surface area contributed by atoms with Gasteiger partial charge in [0.2, 0.25) is 0 Å². The van der Waals surface area contributed by atoms with E-state index < -0.39 is 0 Å². The summed E-state index contributed by atoms with van der Waals surface area (Å²) in [4.78, 5) is 16.5. The van der Waals surface area contributed by atoms with E-state index in [4.69, 9.17) is 4.74 Å². The molecule has 0 spiro atoms. The highest BCUT2D eigenvalue weighted by Crippen LogP contribution is 2.52. The summed E-state index contributed by atoms with van der Waals surface area (Å²) in [6, 6.07) is 8.06. The van der Waals surface area contributed by atoms with Gasteiger partial charge in [-0.15, -0.1) is 0 Å². The number of ketones is 1. The molecule has 3 fully saturated rings. The van der Waals surface area contributed by atoms with Crippen molar-refractivity contribution in [1.29, 1.82) is 5.26 Å². The predicted molar refractivity (Wildman–Crippen MR) is 81.9 cm³/mol. The van der Waals surface area contributed by atoms with Crippen LogP contribution >= 0.6 is 0 Å². The minimum absolute atomic E-state index is 0.0258. The summed E-state index contributed by atoms with van der Waals surface area (Å²) in [5.74, 6) is 0.0258. The first-order valence-electron chi connectivity index (χ1n) is 7.51. The van der Waals surface area contributed by atoms with Crippen LogP contribution in [-0.4, -0.2) is 23.5 Å². The fourth-order valence-corrected chi connectivity index (χ4v) is 3.82. The Morgan fingerprint density at radius 3 is 2.77 bits per heavy atom. The number of nitriles is 1. The van der Waals surface area contributed by atoms with Crippen LogP contribution in [0.5, 0.6) is 0 Å². The minimum Gasteiger partial charge on any atom is -0.377 e. The van der Waals surface area contributed by atoms with Crippen LogP contribution in [0.3, 0.4) is 0 Å². The molecule has 2 bridgehead atoms. The van der Waals surface area contributed by atoms with Gasteiger partial charge in [0.1, 0.15) is 11.8 Å². The molecule has 1 aromatic carbocycles. The van der Waals surface area contributed by atoms with Crippen LogP contribution in [0.15, 0.2) is 18.2 Å². The van der Waals surface area contributed by atoms with E-state index in [1.165, 1.54) is 0 Å². The number of aryl methyl sites for hydroxylation is 1. The van der Waals surface area contributed by atoms with Gasteiger partial charge in [0, 0.05) is 16.4 Å². The summed E-state index contributed by atoms with van der Waals surface area (Å²) < 4.78 is 5.69. The fourth-order valence-electron chi connectivity index (χ4n) is 3.82. The summed E-state index contributed by atoms with van der Waals surface area (Å²) in [5, 5.41) is 10.3. The lowest BCUT2D eigenvalue weighted by atomic mass is 9.65. The minimum atomic E-state index is -0.0735. The number of nitrogens with zero attached hydrogens (tertiary/aromatic N) is 2. The van der Waals surface area contributed by atoms with E-state index in [1.54, 1.807) is 6.92 Å². The van der Waals surface area contributed by atoms with E-state index in [-0.39, 0.29) is 11.2 Å². The van der Waals surface area contributed by atoms with Gasteiger partial charge in [-0.1, -0.05) is 0 Å². The Morgan fingerprint density at radius 1 is 1.41 bits per heavy atom. The predicted octanol–water partition coefficient (Wildman–Crippen LogP) is 3.05. The summed E-state index contributed by atoms with van der Waals surface area (Å²) in [6.07, 6.45) is 2.24. The van der Waals surface area contributed by atoms with Crippen LogP contribution in [-0.2, 0) is 10.2 Å². The van der Waals surface area contributed by atoms with Crippen LogP contribution in [0.2, 0.25) is 0 Å². The Labute approximate surface area is 128 Å². The molecule has 0 radical (unpaired) electrons. The van der Waals surface area contributed by atoms with Gasteiger partial charge >= 0.3 is 0 Å². The van der Waals surface area contributed by atoms with Crippen molar-refractivity contribution in [2.24, 2.45) is 0 Å². The SMILES string of the molecule is CC(=O)c1cc(C)cc2nc(C#N)c(C34COC(C3)C4)cc12. The summed E-state index contributed by atoms with van der Waals surface area (Å²) in [6.45, 7) is 4.16. The lowest BCUT2D eigenvalue weighted by Crippen LogP contribution is -2.38. The zero-order valence-corrected chi connectivity index (χ0v) is 12.6. The van der Waals surface area contributed by atoms with Crippen LogP contribution in [0.1, 0.15) is 46.9 Å². The molecule has 4 heteroatoms. The third-order valence-electron chi connectivity index (χ3n) is 4.97. The fraction of sp³-hybridized carbons (Fsp3) is 0.389. The maximum Gasteiger partial charge on any atom is 0.160 e.